The molecular weight excluding hydrogens is 386 g/mol. The summed E-state index contributed by atoms with van der Waals surface area (Å²) in [6.45, 7) is 9.90. The summed E-state index contributed by atoms with van der Waals surface area (Å²) in [7, 11) is -3.82. The van der Waals surface area contributed by atoms with Gasteiger partial charge < -0.3 is 0 Å². The maximum absolute atomic E-state index is 12.8. The second kappa shape index (κ2) is 9.69. The van der Waals surface area contributed by atoms with Crippen molar-refractivity contribution in [3.05, 3.63) is 59.2 Å². The van der Waals surface area contributed by atoms with Gasteiger partial charge >= 0.3 is 0 Å². The van der Waals surface area contributed by atoms with Crippen molar-refractivity contribution in [1.82, 2.24) is 5.43 Å². The maximum Gasteiger partial charge on any atom is 0.271 e. The van der Waals surface area contributed by atoms with E-state index >= 15 is 0 Å². The number of nitrogens with one attached hydrogen (secondary N) is 2. The van der Waals surface area contributed by atoms with Gasteiger partial charge in [0.25, 0.3) is 15.9 Å². The van der Waals surface area contributed by atoms with Crippen molar-refractivity contribution in [3.8, 4) is 0 Å². The van der Waals surface area contributed by atoms with Gasteiger partial charge in [0.2, 0.25) is 0 Å². The van der Waals surface area contributed by atoms with E-state index < -0.39 is 15.9 Å². The highest BCUT2D eigenvalue weighted by atomic mass is 32.2. The average molecular weight is 416 g/mol. The quantitative estimate of drug-likeness (QED) is 0.486. The van der Waals surface area contributed by atoms with Crippen LogP contribution in [0.3, 0.4) is 0 Å². The van der Waals surface area contributed by atoms with Crippen LogP contribution >= 0.6 is 0 Å². The van der Waals surface area contributed by atoms with E-state index in [9.17, 15) is 13.2 Å². The fourth-order valence-corrected chi connectivity index (χ4v) is 3.88. The molecule has 0 fully saturated rings. The van der Waals surface area contributed by atoms with E-state index in [4.69, 9.17) is 0 Å². The van der Waals surface area contributed by atoms with Crippen LogP contribution in [0.4, 0.5) is 5.69 Å². The largest absolute Gasteiger partial charge is 0.279 e. The van der Waals surface area contributed by atoms with Gasteiger partial charge in [-0.05, 0) is 69.4 Å². The predicted molar refractivity (Wildman–Crippen MR) is 118 cm³/mol. The molecule has 0 aliphatic heterocycles. The summed E-state index contributed by atoms with van der Waals surface area (Å²) >= 11 is 0. The van der Waals surface area contributed by atoms with Crippen LogP contribution in [0.15, 0.2) is 52.5 Å². The number of benzene rings is 2. The van der Waals surface area contributed by atoms with Crippen molar-refractivity contribution in [3.63, 3.8) is 0 Å². The highest BCUT2D eigenvalue weighted by Crippen LogP contribution is 2.21. The lowest BCUT2D eigenvalue weighted by molar-refractivity contribution is 0.0954. The Balaban J connectivity index is 2.15. The SMILES string of the molecule is C/C(CCC(C)C)=N/NC(=O)c1cccc(S(=O)(=O)Nc2ccc(C)cc2C)c1. The zero-order chi connectivity index (χ0) is 21.6. The summed E-state index contributed by atoms with van der Waals surface area (Å²) in [5.41, 5.74) is 5.94. The molecule has 1 amide bonds. The Morgan fingerprint density at radius 3 is 2.48 bits per heavy atom. The molecule has 156 valence electrons. The first-order chi connectivity index (χ1) is 13.6. The lowest BCUT2D eigenvalue weighted by atomic mass is 10.1. The van der Waals surface area contributed by atoms with E-state index in [0.717, 1.165) is 29.7 Å². The average Bonchev–Trinajstić information content (AvgIpc) is 2.66. The van der Waals surface area contributed by atoms with E-state index in [0.29, 0.717) is 11.6 Å². The van der Waals surface area contributed by atoms with Crippen LogP contribution in [0, 0.1) is 19.8 Å². The van der Waals surface area contributed by atoms with Gasteiger partial charge in [0, 0.05) is 11.3 Å². The Morgan fingerprint density at radius 2 is 1.83 bits per heavy atom. The number of nitrogens with zero attached hydrogens (tertiary/aromatic N) is 1. The van der Waals surface area contributed by atoms with E-state index in [2.05, 4.69) is 29.1 Å². The summed E-state index contributed by atoms with van der Waals surface area (Å²) in [4.78, 5) is 12.4. The van der Waals surface area contributed by atoms with Crippen LogP contribution in [0.5, 0.6) is 0 Å². The third kappa shape index (κ3) is 6.71. The van der Waals surface area contributed by atoms with Crippen LogP contribution in [0.2, 0.25) is 0 Å². The Labute approximate surface area is 173 Å². The van der Waals surface area contributed by atoms with E-state index in [1.807, 2.05) is 32.9 Å². The van der Waals surface area contributed by atoms with Gasteiger partial charge in [0.05, 0.1) is 10.6 Å². The molecule has 29 heavy (non-hydrogen) atoms. The highest BCUT2D eigenvalue weighted by Gasteiger charge is 2.17. The Bertz CT molecular complexity index is 1010. The lowest BCUT2D eigenvalue weighted by Gasteiger charge is -2.12. The van der Waals surface area contributed by atoms with Gasteiger partial charge in [0.1, 0.15) is 0 Å². The number of hydrogen-bond acceptors (Lipinski definition) is 4. The summed E-state index contributed by atoms with van der Waals surface area (Å²) in [6, 6.07) is 11.4. The number of hydrogen-bond donors (Lipinski definition) is 2. The molecule has 0 bridgehead atoms. The van der Waals surface area contributed by atoms with Gasteiger partial charge in [-0.1, -0.05) is 37.6 Å². The van der Waals surface area contributed by atoms with Crippen molar-refractivity contribution < 1.29 is 13.2 Å². The topological polar surface area (TPSA) is 87.6 Å². The molecular formula is C22H29N3O3S. The molecule has 2 aromatic rings. The van der Waals surface area contributed by atoms with Gasteiger partial charge in [-0.2, -0.15) is 5.10 Å². The van der Waals surface area contributed by atoms with Crippen LogP contribution < -0.4 is 10.1 Å². The first-order valence-electron chi connectivity index (χ1n) is 9.62. The van der Waals surface area contributed by atoms with Gasteiger partial charge in [-0.15, -0.1) is 0 Å². The molecule has 0 aliphatic carbocycles. The number of sulfonamides is 1. The normalized spacial score (nSPS) is 12.1. The van der Waals surface area contributed by atoms with Gasteiger partial charge in [-0.3, -0.25) is 9.52 Å². The van der Waals surface area contributed by atoms with Crippen LogP contribution in [-0.2, 0) is 10.0 Å². The molecule has 0 saturated carbocycles. The number of amides is 1. The molecule has 0 spiro atoms. The van der Waals surface area contributed by atoms with Crippen LogP contribution in [0.1, 0.15) is 55.1 Å². The number of hydrazone groups is 1. The summed E-state index contributed by atoms with van der Waals surface area (Å²) in [6.07, 6.45) is 1.79. The third-order valence-electron chi connectivity index (χ3n) is 4.46. The maximum atomic E-state index is 12.8. The molecule has 0 atom stereocenters. The van der Waals surface area contributed by atoms with E-state index in [-0.39, 0.29) is 10.5 Å². The summed E-state index contributed by atoms with van der Waals surface area (Å²) in [5, 5.41) is 4.10. The highest BCUT2D eigenvalue weighted by molar-refractivity contribution is 7.92. The second-order valence-corrected chi connectivity index (χ2v) is 9.35. The molecule has 7 heteroatoms. The lowest BCUT2D eigenvalue weighted by Crippen LogP contribution is -2.20. The molecule has 6 nitrogen and oxygen atoms in total. The van der Waals surface area contributed by atoms with Gasteiger partial charge in [0.15, 0.2) is 0 Å². The molecule has 2 rings (SSSR count). The van der Waals surface area contributed by atoms with Crippen molar-refractivity contribution in [1.29, 1.82) is 0 Å². The van der Waals surface area contributed by atoms with Gasteiger partial charge in [-0.25, -0.2) is 13.8 Å². The van der Waals surface area contributed by atoms with E-state index in [1.54, 1.807) is 18.2 Å². The second-order valence-electron chi connectivity index (χ2n) is 7.67. The summed E-state index contributed by atoms with van der Waals surface area (Å²) in [5.74, 6) is 0.111. The minimum atomic E-state index is -3.82. The summed E-state index contributed by atoms with van der Waals surface area (Å²) < 4.78 is 28.1. The number of rotatable bonds is 8. The first kappa shape index (κ1) is 22.6. The fraction of sp³-hybridized carbons (Fsp3) is 0.364. The van der Waals surface area contributed by atoms with Crippen LogP contribution in [-0.4, -0.2) is 20.0 Å². The Kier molecular flexibility index (Phi) is 7.56. The predicted octanol–water partition coefficient (Wildman–Crippen LogP) is 4.65. The Hall–Kier alpha value is -2.67. The molecule has 0 aliphatic rings. The van der Waals surface area contributed by atoms with Crippen LogP contribution in [0.25, 0.3) is 0 Å². The first-order valence-corrected chi connectivity index (χ1v) is 11.1. The standard InChI is InChI=1S/C22H29N3O3S/c1-15(2)9-11-18(5)23-24-22(26)19-7-6-8-20(14-19)29(27,28)25-21-12-10-16(3)13-17(21)4/h6-8,10,12-15,25H,9,11H2,1-5H3,(H,24,26)/b23-18-. The Morgan fingerprint density at radius 1 is 1.10 bits per heavy atom. The molecule has 2 N–H and O–H groups in total. The smallest absolute Gasteiger partial charge is 0.271 e. The monoisotopic (exact) mass is 415 g/mol. The molecule has 0 unspecified atom stereocenters. The van der Waals surface area contributed by atoms with Crippen molar-refractivity contribution >= 4 is 27.3 Å². The molecule has 2 aromatic carbocycles. The van der Waals surface area contributed by atoms with Crippen molar-refractivity contribution in [2.75, 3.05) is 4.72 Å². The molecule has 0 heterocycles. The fourth-order valence-electron chi connectivity index (χ4n) is 2.70. The van der Waals surface area contributed by atoms with Crippen molar-refractivity contribution in [2.24, 2.45) is 11.0 Å². The number of carbonyl (C=O) groups is 1. The minimum absolute atomic E-state index is 0.0191. The van der Waals surface area contributed by atoms with E-state index in [1.165, 1.54) is 12.1 Å². The molecule has 0 radical (unpaired) electrons. The zero-order valence-corrected chi connectivity index (χ0v) is 18.4. The molecule has 0 saturated heterocycles. The molecule has 0 aromatic heterocycles. The number of anilines is 1. The zero-order valence-electron chi connectivity index (χ0n) is 17.6. The van der Waals surface area contributed by atoms with Crippen molar-refractivity contribution in [2.45, 2.75) is 52.4 Å². The number of aryl methyl sites for hydroxylation is 2. The minimum Gasteiger partial charge on any atom is -0.279 e. The third-order valence-corrected chi connectivity index (χ3v) is 5.83. The number of carbonyl (C=O) groups excluding carboxylic acids is 1.